The predicted molar refractivity (Wildman–Crippen MR) is 121 cm³/mol. The zero-order chi connectivity index (χ0) is 21.5. The first kappa shape index (κ1) is 21.6. The maximum absolute atomic E-state index is 13.5. The summed E-state index contributed by atoms with van der Waals surface area (Å²) in [6, 6.07) is 16.6. The zero-order valence-corrected chi connectivity index (χ0v) is 18.4. The van der Waals surface area contributed by atoms with Crippen LogP contribution in [-0.2, 0) is 17.6 Å². The Hall–Kier alpha value is -2.67. The van der Waals surface area contributed by atoms with E-state index in [4.69, 9.17) is 0 Å². The Morgan fingerprint density at radius 3 is 2.32 bits per heavy atom. The van der Waals surface area contributed by atoms with Crippen LogP contribution in [0.4, 0.5) is 4.39 Å². The van der Waals surface area contributed by atoms with Crippen LogP contribution in [0.5, 0.6) is 0 Å². The topological polar surface area (TPSA) is 51.0 Å². The molecule has 1 aliphatic heterocycles. The van der Waals surface area contributed by atoms with Crippen LogP contribution in [0.15, 0.2) is 59.8 Å². The molecule has 0 N–H and O–H groups in total. The first-order valence-electron chi connectivity index (χ1n) is 10.9. The molecule has 4 rings (SSSR count). The van der Waals surface area contributed by atoms with Crippen molar-refractivity contribution in [2.75, 3.05) is 18.8 Å². The quantitative estimate of drug-likeness (QED) is 0.503. The summed E-state index contributed by atoms with van der Waals surface area (Å²) in [7, 11) is 0. The largest absolute Gasteiger partial charge is 0.342 e. The number of carbonyl (C=O) groups excluding carboxylic acids is 1. The van der Waals surface area contributed by atoms with Crippen LogP contribution in [0, 0.1) is 5.82 Å². The Labute approximate surface area is 186 Å². The Kier molecular flexibility index (Phi) is 7.35. The Balaban J connectivity index is 1.51. The van der Waals surface area contributed by atoms with Crippen molar-refractivity contribution < 1.29 is 9.18 Å². The van der Waals surface area contributed by atoms with Gasteiger partial charge in [0.25, 0.3) is 0 Å². The van der Waals surface area contributed by atoms with Gasteiger partial charge in [-0.05, 0) is 49.1 Å². The molecule has 0 bridgehead atoms. The van der Waals surface area contributed by atoms with Crippen LogP contribution in [0.3, 0.4) is 0 Å². The zero-order valence-electron chi connectivity index (χ0n) is 17.5. The maximum Gasteiger partial charge on any atom is 0.233 e. The number of aromatic nitrogens is 3. The van der Waals surface area contributed by atoms with Gasteiger partial charge in [0.05, 0.1) is 5.75 Å². The molecule has 3 aromatic rings. The van der Waals surface area contributed by atoms with Gasteiger partial charge in [-0.2, -0.15) is 0 Å². The molecular weight excluding hydrogens is 411 g/mol. The Morgan fingerprint density at radius 2 is 1.61 bits per heavy atom. The van der Waals surface area contributed by atoms with Gasteiger partial charge in [0.15, 0.2) is 5.16 Å². The highest BCUT2D eigenvalue weighted by molar-refractivity contribution is 7.99. The van der Waals surface area contributed by atoms with E-state index in [2.05, 4.69) is 22.3 Å². The van der Waals surface area contributed by atoms with Crippen molar-refractivity contribution in [2.45, 2.75) is 43.7 Å². The number of likely N-dealkylation sites (tertiary alicyclic amines) is 1. The molecule has 2 heterocycles. The SMILES string of the molecule is O=C(CSc1nnc(CCc2ccccc2)n1-c1ccc(F)cc1)N1CCCCCC1. The maximum atomic E-state index is 13.5. The van der Waals surface area contributed by atoms with Gasteiger partial charge < -0.3 is 4.90 Å². The molecule has 0 saturated carbocycles. The molecule has 1 aliphatic rings. The van der Waals surface area contributed by atoms with Crippen molar-refractivity contribution in [1.82, 2.24) is 19.7 Å². The highest BCUT2D eigenvalue weighted by Crippen LogP contribution is 2.24. The summed E-state index contributed by atoms with van der Waals surface area (Å²) in [5.74, 6) is 0.998. The lowest BCUT2D eigenvalue weighted by molar-refractivity contribution is -0.128. The summed E-state index contributed by atoms with van der Waals surface area (Å²) >= 11 is 1.40. The fourth-order valence-corrected chi connectivity index (χ4v) is 4.72. The average molecular weight is 439 g/mol. The van der Waals surface area contributed by atoms with Crippen LogP contribution in [0.2, 0.25) is 0 Å². The molecule has 1 saturated heterocycles. The molecule has 162 valence electrons. The van der Waals surface area contributed by atoms with Crippen molar-refractivity contribution in [1.29, 1.82) is 0 Å². The van der Waals surface area contributed by atoms with E-state index in [1.54, 1.807) is 12.1 Å². The van der Waals surface area contributed by atoms with E-state index in [0.717, 1.165) is 43.9 Å². The molecule has 5 nitrogen and oxygen atoms in total. The molecular formula is C24H27FN4OS. The van der Waals surface area contributed by atoms with Crippen LogP contribution in [-0.4, -0.2) is 44.4 Å². The molecule has 1 aromatic heterocycles. The molecule has 31 heavy (non-hydrogen) atoms. The van der Waals surface area contributed by atoms with E-state index in [1.165, 1.54) is 42.3 Å². The van der Waals surface area contributed by atoms with Gasteiger partial charge in [-0.15, -0.1) is 10.2 Å². The van der Waals surface area contributed by atoms with E-state index in [0.29, 0.717) is 17.3 Å². The van der Waals surface area contributed by atoms with Gasteiger partial charge in [0.1, 0.15) is 11.6 Å². The summed E-state index contributed by atoms with van der Waals surface area (Å²) in [5, 5.41) is 9.45. The average Bonchev–Trinajstić information content (AvgIpc) is 3.00. The minimum atomic E-state index is -0.284. The number of hydrogen-bond acceptors (Lipinski definition) is 4. The van der Waals surface area contributed by atoms with Crippen LogP contribution in [0.1, 0.15) is 37.1 Å². The van der Waals surface area contributed by atoms with Crippen LogP contribution in [0.25, 0.3) is 5.69 Å². The Morgan fingerprint density at radius 1 is 0.903 bits per heavy atom. The van der Waals surface area contributed by atoms with Crippen molar-refractivity contribution in [3.63, 3.8) is 0 Å². The van der Waals surface area contributed by atoms with Gasteiger partial charge in [0.2, 0.25) is 5.91 Å². The second-order valence-corrected chi connectivity index (χ2v) is 8.72. The molecule has 0 radical (unpaired) electrons. The first-order valence-corrected chi connectivity index (χ1v) is 11.8. The fraction of sp³-hybridized carbons (Fsp3) is 0.375. The number of halogens is 1. The van der Waals surface area contributed by atoms with E-state index < -0.39 is 0 Å². The summed E-state index contributed by atoms with van der Waals surface area (Å²) in [4.78, 5) is 14.7. The molecule has 1 amide bonds. The highest BCUT2D eigenvalue weighted by atomic mass is 32.2. The molecule has 0 aliphatic carbocycles. The van der Waals surface area contributed by atoms with Gasteiger partial charge in [-0.25, -0.2) is 4.39 Å². The third kappa shape index (κ3) is 5.73. The molecule has 0 atom stereocenters. The molecule has 7 heteroatoms. The number of thioether (sulfide) groups is 1. The van der Waals surface area contributed by atoms with Crippen molar-refractivity contribution >= 4 is 17.7 Å². The molecule has 1 fully saturated rings. The van der Waals surface area contributed by atoms with E-state index >= 15 is 0 Å². The molecule has 0 spiro atoms. The summed E-state index contributed by atoms with van der Waals surface area (Å²) in [5.41, 5.74) is 2.03. The van der Waals surface area contributed by atoms with Gasteiger partial charge in [-0.3, -0.25) is 9.36 Å². The summed E-state index contributed by atoms with van der Waals surface area (Å²) < 4.78 is 15.4. The van der Waals surface area contributed by atoms with E-state index in [-0.39, 0.29) is 11.7 Å². The minimum absolute atomic E-state index is 0.145. The van der Waals surface area contributed by atoms with Crippen LogP contribution < -0.4 is 0 Å². The van der Waals surface area contributed by atoms with E-state index in [9.17, 15) is 9.18 Å². The van der Waals surface area contributed by atoms with Crippen LogP contribution >= 0.6 is 11.8 Å². The monoisotopic (exact) mass is 438 g/mol. The van der Waals surface area contributed by atoms with Gasteiger partial charge in [-0.1, -0.05) is 54.9 Å². The van der Waals surface area contributed by atoms with Gasteiger partial charge >= 0.3 is 0 Å². The predicted octanol–water partition coefficient (Wildman–Crippen LogP) is 4.69. The van der Waals surface area contributed by atoms with Crippen molar-refractivity contribution in [3.8, 4) is 5.69 Å². The normalized spacial score (nSPS) is 14.4. The molecule has 2 aromatic carbocycles. The number of rotatable bonds is 7. The lowest BCUT2D eigenvalue weighted by Crippen LogP contribution is -2.33. The smallest absolute Gasteiger partial charge is 0.233 e. The number of amides is 1. The minimum Gasteiger partial charge on any atom is -0.342 e. The third-order valence-corrected chi connectivity index (χ3v) is 6.46. The fourth-order valence-electron chi connectivity index (χ4n) is 3.84. The Bertz CT molecular complexity index is 983. The van der Waals surface area contributed by atoms with Gasteiger partial charge in [0, 0.05) is 25.2 Å². The highest BCUT2D eigenvalue weighted by Gasteiger charge is 2.19. The number of aryl methyl sites for hydroxylation is 2. The molecule has 0 unspecified atom stereocenters. The number of benzene rings is 2. The van der Waals surface area contributed by atoms with Crippen molar-refractivity contribution in [3.05, 3.63) is 71.8 Å². The standard InChI is InChI=1S/C24H27FN4OS/c25-20-11-13-21(14-12-20)29-22(15-10-19-8-4-3-5-9-19)26-27-24(29)31-18-23(30)28-16-6-1-2-7-17-28/h3-5,8-9,11-14H,1-2,6-7,10,15-18H2. The number of carbonyl (C=O) groups is 1. The van der Waals surface area contributed by atoms with E-state index in [1.807, 2.05) is 27.7 Å². The lowest BCUT2D eigenvalue weighted by atomic mass is 10.1. The number of hydrogen-bond donors (Lipinski definition) is 0. The summed E-state index contributed by atoms with van der Waals surface area (Å²) in [6.45, 7) is 1.68. The summed E-state index contributed by atoms with van der Waals surface area (Å²) in [6.07, 6.45) is 6.07. The second-order valence-electron chi connectivity index (χ2n) is 7.78. The number of nitrogens with zero attached hydrogens (tertiary/aromatic N) is 4. The lowest BCUT2D eigenvalue weighted by Gasteiger charge is -2.20. The second kappa shape index (κ2) is 10.6. The van der Waals surface area contributed by atoms with Crippen molar-refractivity contribution in [2.24, 2.45) is 0 Å². The third-order valence-electron chi connectivity index (χ3n) is 5.55. The first-order chi connectivity index (χ1) is 15.2.